The van der Waals surface area contributed by atoms with E-state index >= 15 is 0 Å². The summed E-state index contributed by atoms with van der Waals surface area (Å²) in [6.07, 6.45) is -7.47. The van der Waals surface area contributed by atoms with E-state index < -0.39 is 84.9 Å². The minimum Gasteiger partial charge on any atom is -0.462 e. The molecule has 0 spiro atoms. The number of carbonyl (C=O) groups excluding carboxylic acids is 7. The van der Waals surface area contributed by atoms with Gasteiger partial charge in [0.1, 0.15) is 18.8 Å². The van der Waals surface area contributed by atoms with Crippen LogP contribution in [-0.2, 0) is 62.0 Å². The summed E-state index contributed by atoms with van der Waals surface area (Å²) in [6.45, 7) is 5.79. The van der Waals surface area contributed by atoms with Crippen molar-refractivity contribution in [3.8, 4) is 0 Å². The minimum absolute atomic E-state index is 0.240. The summed E-state index contributed by atoms with van der Waals surface area (Å²) in [4.78, 5) is 82.6. The Bertz CT molecular complexity index is 854. The van der Waals surface area contributed by atoms with Gasteiger partial charge in [-0.2, -0.15) is 0 Å². The summed E-state index contributed by atoms with van der Waals surface area (Å²) in [5, 5.41) is 2.48. The molecular formula is C21H29NO13. The Kier molecular flexibility index (Phi) is 11.1. The number of nitrogens with one attached hydrogen (secondary N) is 1. The Balaban J connectivity index is 3.51. The molecule has 35 heavy (non-hydrogen) atoms. The molecular weight excluding hydrogens is 474 g/mol. The molecule has 6 atom stereocenters. The Hall–Kier alpha value is -3.71. The molecule has 196 valence electrons. The van der Waals surface area contributed by atoms with Crippen molar-refractivity contribution in [2.45, 2.75) is 84.5 Å². The first-order valence-electron chi connectivity index (χ1n) is 10.5. The van der Waals surface area contributed by atoms with Crippen molar-refractivity contribution >= 4 is 41.7 Å². The Morgan fingerprint density at radius 3 is 1.83 bits per heavy atom. The molecule has 0 aromatic rings. The van der Waals surface area contributed by atoms with Crippen LogP contribution in [0.2, 0.25) is 0 Å². The maximum atomic E-state index is 12.2. The number of rotatable bonds is 11. The Morgan fingerprint density at radius 2 is 1.37 bits per heavy atom. The van der Waals surface area contributed by atoms with Crippen LogP contribution in [0.3, 0.4) is 0 Å². The van der Waals surface area contributed by atoms with E-state index in [2.05, 4.69) is 5.32 Å². The van der Waals surface area contributed by atoms with Crippen molar-refractivity contribution in [3.63, 3.8) is 0 Å². The number of carbonyl (C=O) groups is 7. The molecule has 0 unspecified atom stereocenters. The fourth-order valence-corrected chi connectivity index (χ4v) is 3.41. The summed E-state index contributed by atoms with van der Waals surface area (Å²) in [5.41, 5.74) is 0. The normalized spacial score (nSPS) is 20.2. The van der Waals surface area contributed by atoms with Crippen LogP contribution in [0, 0.1) is 0 Å². The second-order valence-electron chi connectivity index (χ2n) is 7.63. The molecule has 0 radical (unpaired) electrons. The zero-order valence-corrected chi connectivity index (χ0v) is 20.2. The van der Waals surface area contributed by atoms with Gasteiger partial charge in [0, 0.05) is 48.0 Å². The third-order valence-corrected chi connectivity index (χ3v) is 4.47. The van der Waals surface area contributed by atoms with Gasteiger partial charge in [0.2, 0.25) is 12.0 Å². The molecule has 14 nitrogen and oxygen atoms in total. The lowest BCUT2D eigenvalue weighted by Gasteiger charge is -2.37. The molecule has 1 fully saturated rings. The molecule has 1 aliphatic rings. The lowest BCUT2D eigenvalue weighted by atomic mass is 9.94. The monoisotopic (exact) mass is 503 g/mol. The summed E-state index contributed by atoms with van der Waals surface area (Å²) >= 11 is 0. The van der Waals surface area contributed by atoms with Crippen molar-refractivity contribution in [2.24, 2.45) is 0 Å². The first-order valence-corrected chi connectivity index (χ1v) is 10.5. The zero-order chi connectivity index (χ0) is 26.9. The molecule has 0 aliphatic carbocycles. The molecule has 1 heterocycles. The molecule has 1 amide bonds. The minimum atomic E-state index is -1.62. The Morgan fingerprint density at radius 1 is 0.829 bits per heavy atom. The Labute approximate surface area is 200 Å². The molecule has 0 aromatic carbocycles. The highest BCUT2D eigenvalue weighted by Gasteiger charge is 2.50. The van der Waals surface area contributed by atoms with E-state index in [0.29, 0.717) is 0 Å². The fourth-order valence-electron chi connectivity index (χ4n) is 3.41. The highest BCUT2D eigenvalue weighted by molar-refractivity contribution is 5.81. The predicted octanol–water partition coefficient (Wildman–Crippen LogP) is -0.903. The summed E-state index contributed by atoms with van der Waals surface area (Å²) < 4.78 is 30.9. The second kappa shape index (κ2) is 13.2. The van der Waals surface area contributed by atoms with Gasteiger partial charge in [0.15, 0.2) is 18.3 Å². The van der Waals surface area contributed by atoms with Gasteiger partial charge in [-0.3, -0.25) is 28.8 Å². The quantitative estimate of drug-likeness (QED) is 0.270. The molecule has 0 aromatic heterocycles. The number of esters is 6. The van der Waals surface area contributed by atoms with Gasteiger partial charge >= 0.3 is 35.8 Å². The largest absolute Gasteiger partial charge is 0.462 e. The van der Waals surface area contributed by atoms with Gasteiger partial charge in [-0.05, 0) is 0 Å². The van der Waals surface area contributed by atoms with Gasteiger partial charge in [-0.25, -0.2) is 4.79 Å². The number of hydrogen-bond donors (Lipinski definition) is 1. The molecule has 1 N–H and O–H groups in total. The summed E-state index contributed by atoms with van der Waals surface area (Å²) in [5.74, 6) is -5.70. The van der Waals surface area contributed by atoms with E-state index in [1.54, 1.807) is 0 Å². The van der Waals surface area contributed by atoms with Gasteiger partial charge in [0.25, 0.3) is 0 Å². The number of amides is 1. The van der Waals surface area contributed by atoms with Crippen molar-refractivity contribution in [1.29, 1.82) is 0 Å². The van der Waals surface area contributed by atoms with Crippen molar-refractivity contribution in [1.82, 2.24) is 5.32 Å². The summed E-state index contributed by atoms with van der Waals surface area (Å²) in [7, 11) is 0. The molecule has 0 bridgehead atoms. The van der Waals surface area contributed by atoms with Crippen LogP contribution >= 0.6 is 0 Å². The van der Waals surface area contributed by atoms with Crippen LogP contribution in [-0.4, -0.2) is 84.9 Å². The van der Waals surface area contributed by atoms with Crippen molar-refractivity contribution < 1.29 is 62.0 Å². The topological polar surface area (TPSA) is 187 Å². The SMILES string of the molecule is CC(=O)N[C@@H]([C@@H](OC(C)=O)[C@H](OC(C)=O)[C@@H](COC(C)=O)OC(C)=O)[C@@H]1C[C@@H](OC(C)=O)C(=O)O1. The second-order valence-corrected chi connectivity index (χ2v) is 7.63. The first-order chi connectivity index (χ1) is 16.2. The van der Waals surface area contributed by atoms with Gasteiger partial charge in [-0.15, -0.1) is 0 Å². The third-order valence-electron chi connectivity index (χ3n) is 4.47. The summed E-state index contributed by atoms with van der Waals surface area (Å²) in [6, 6.07) is -1.36. The van der Waals surface area contributed by atoms with E-state index in [-0.39, 0.29) is 6.42 Å². The highest BCUT2D eigenvalue weighted by atomic mass is 16.6. The van der Waals surface area contributed by atoms with E-state index in [9.17, 15) is 33.6 Å². The van der Waals surface area contributed by atoms with Crippen LogP contribution in [0.15, 0.2) is 0 Å². The van der Waals surface area contributed by atoms with Gasteiger partial charge in [-0.1, -0.05) is 0 Å². The highest BCUT2D eigenvalue weighted by Crippen LogP contribution is 2.27. The average molecular weight is 503 g/mol. The zero-order valence-electron chi connectivity index (χ0n) is 20.2. The standard InChI is InChI=1S/C21H29NO13/c1-9(23)22-18(15-7-16(21(29)35-15)31-11(3)25)20(34-14(6)28)19(33-13(5)27)17(32-12(4)26)8-30-10(2)24/h15-20H,7-8H2,1-6H3,(H,22,23)/t15-,16+,17+,18+,19+,20+/m0/s1. The van der Waals surface area contributed by atoms with Crippen LogP contribution in [0.25, 0.3) is 0 Å². The average Bonchev–Trinajstić information content (AvgIpc) is 3.04. The van der Waals surface area contributed by atoms with Crippen LogP contribution in [0.4, 0.5) is 0 Å². The van der Waals surface area contributed by atoms with Crippen LogP contribution in [0.5, 0.6) is 0 Å². The van der Waals surface area contributed by atoms with Crippen LogP contribution in [0.1, 0.15) is 48.0 Å². The molecule has 14 heteroatoms. The van der Waals surface area contributed by atoms with Gasteiger partial charge in [0.05, 0.1) is 0 Å². The maximum Gasteiger partial charge on any atom is 0.347 e. The van der Waals surface area contributed by atoms with Gasteiger partial charge < -0.3 is 33.7 Å². The third kappa shape index (κ3) is 9.98. The van der Waals surface area contributed by atoms with Crippen LogP contribution < -0.4 is 5.32 Å². The van der Waals surface area contributed by atoms with E-state index in [4.69, 9.17) is 28.4 Å². The van der Waals surface area contributed by atoms with E-state index in [0.717, 1.165) is 41.5 Å². The number of cyclic esters (lactones) is 1. The number of hydrogen-bond acceptors (Lipinski definition) is 13. The van der Waals surface area contributed by atoms with E-state index in [1.165, 1.54) is 0 Å². The van der Waals surface area contributed by atoms with Crippen molar-refractivity contribution in [2.75, 3.05) is 6.61 Å². The van der Waals surface area contributed by atoms with Crippen molar-refractivity contribution in [3.05, 3.63) is 0 Å². The maximum absolute atomic E-state index is 12.2. The number of ether oxygens (including phenoxy) is 6. The molecule has 0 saturated carbocycles. The molecule has 1 saturated heterocycles. The molecule has 1 rings (SSSR count). The lowest BCUT2D eigenvalue weighted by molar-refractivity contribution is -0.194. The molecule has 1 aliphatic heterocycles. The van der Waals surface area contributed by atoms with E-state index in [1.807, 2.05) is 0 Å². The lowest BCUT2D eigenvalue weighted by Crippen LogP contribution is -2.60. The predicted molar refractivity (Wildman–Crippen MR) is 111 cm³/mol. The fraction of sp³-hybridized carbons (Fsp3) is 0.667. The smallest absolute Gasteiger partial charge is 0.347 e. The first kappa shape index (κ1) is 29.3.